The Morgan fingerprint density at radius 2 is 2.00 bits per heavy atom. The molecule has 5 rings (SSSR count). The number of nitrogens with one attached hydrogen (secondary N) is 1. The average Bonchev–Trinajstić information content (AvgIpc) is 3.36. The number of aromatic nitrogens is 4. The van der Waals surface area contributed by atoms with Gasteiger partial charge in [-0.05, 0) is 37.9 Å². The number of nitrogens with two attached hydrogens (primary N) is 1. The highest BCUT2D eigenvalue weighted by Gasteiger charge is 2.29. The van der Waals surface area contributed by atoms with E-state index in [1.807, 2.05) is 19.9 Å². The van der Waals surface area contributed by atoms with E-state index in [1.54, 1.807) is 23.9 Å². The van der Waals surface area contributed by atoms with Crippen LogP contribution in [0.5, 0.6) is 5.75 Å². The third kappa shape index (κ3) is 4.84. The summed E-state index contributed by atoms with van der Waals surface area (Å²) < 4.78 is 32.3. The SMILES string of the molecule is CC.COc1cc2ncc(-c3ccc(F)c(N)n3)n2nc1C1CC1.FC1CCNC1. The number of methoxy groups -OCH3 is 1. The summed E-state index contributed by atoms with van der Waals surface area (Å²) in [5, 5.41) is 7.55. The van der Waals surface area contributed by atoms with Gasteiger partial charge < -0.3 is 15.8 Å². The molecule has 1 aliphatic carbocycles. The van der Waals surface area contributed by atoms with Crippen LogP contribution in [0.25, 0.3) is 17.0 Å². The van der Waals surface area contributed by atoms with Crippen molar-refractivity contribution in [3.8, 4) is 17.1 Å². The van der Waals surface area contributed by atoms with Crippen LogP contribution in [0.4, 0.5) is 14.6 Å². The number of nitrogen functional groups attached to an aromatic ring is 1. The molecule has 162 valence electrons. The molecule has 1 atom stereocenters. The van der Waals surface area contributed by atoms with Gasteiger partial charge in [-0.2, -0.15) is 5.10 Å². The molecule has 7 nitrogen and oxygen atoms in total. The average molecular weight is 418 g/mol. The zero-order valence-electron chi connectivity index (χ0n) is 17.5. The number of nitrogens with zero attached hydrogens (tertiary/aromatic N) is 4. The Kier molecular flexibility index (Phi) is 7.15. The highest BCUT2D eigenvalue weighted by Crippen LogP contribution is 2.43. The van der Waals surface area contributed by atoms with E-state index in [2.05, 4.69) is 20.4 Å². The van der Waals surface area contributed by atoms with Gasteiger partial charge in [0.15, 0.2) is 17.3 Å². The number of ether oxygens (including phenoxy) is 1. The Bertz CT molecular complexity index is 983. The molecular formula is C21H28F2N6O. The maximum atomic E-state index is 13.3. The largest absolute Gasteiger partial charge is 0.495 e. The van der Waals surface area contributed by atoms with Crippen LogP contribution in [0.1, 0.15) is 44.7 Å². The van der Waals surface area contributed by atoms with Crippen LogP contribution in [0, 0.1) is 5.82 Å². The van der Waals surface area contributed by atoms with Crippen molar-refractivity contribution in [2.45, 2.75) is 45.2 Å². The molecule has 0 aromatic carbocycles. The van der Waals surface area contributed by atoms with Crippen molar-refractivity contribution in [1.82, 2.24) is 24.9 Å². The summed E-state index contributed by atoms with van der Waals surface area (Å²) in [7, 11) is 1.63. The Hall–Kier alpha value is -2.81. The number of anilines is 1. The number of halogens is 2. The van der Waals surface area contributed by atoms with Crippen molar-refractivity contribution in [3.05, 3.63) is 35.9 Å². The van der Waals surface area contributed by atoms with E-state index in [0.717, 1.165) is 30.8 Å². The van der Waals surface area contributed by atoms with Crippen molar-refractivity contribution in [2.24, 2.45) is 0 Å². The quantitative estimate of drug-likeness (QED) is 0.673. The summed E-state index contributed by atoms with van der Waals surface area (Å²) >= 11 is 0. The molecule has 1 aliphatic heterocycles. The highest BCUT2D eigenvalue weighted by atomic mass is 19.1. The predicted octanol–water partition coefficient (Wildman–Crippen LogP) is 3.74. The molecule has 2 fully saturated rings. The van der Waals surface area contributed by atoms with E-state index in [1.165, 1.54) is 6.07 Å². The van der Waals surface area contributed by atoms with Gasteiger partial charge in [-0.15, -0.1) is 0 Å². The molecule has 9 heteroatoms. The minimum absolute atomic E-state index is 0.136. The zero-order chi connectivity index (χ0) is 21.7. The second-order valence-corrected chi connectivity index (χ2v) is 6.94. The number of hydrogen-bond donors (Lipinski definition) is 2. The van der Waals surface area contributed by atoms with Crippen LogP contribution in [0.15, 0.2) is 24.4 Å². The molecule has 2 aliphatic rings. The maximum Gasteiger partial charge on any atom is 0.165 e. The highest BCUT2D eigenvalue weighted by molar-refractivity contribution is 5.62. The van der Waals surface area contributed by atoms with E-state index in [-0.39, 0.29) is 5.82 Å². The monoisotopic (exact) mass is 418 g/mol. The van der Waals surface area contributed by atoms with Crippen LogP contribution >= 0.6 is 0 Å². The van der Waals surface area contributed by atoms with Gasteiger partial charge in [-0.3, -0.25) is 0 Å². The zero-order valence-corrected chi connectivity index (χ0v) is 17.5. The van der Waals surface area contributed by atoms with Gasteiger partial charge in [0.2, 0.25) is 0 Å². The Morgan fingerprint density at radius 3 is 2.53 bits per heavy atom. The molecule has 30 heavy (non-hydrogen) atoms. The normalized spacial score (nSPS) is 17.7. The molecule has 1 saturated carbocycles. The third-order valence-electron chi connectivity index (χ3n) is 4.80. The minimum Gasteiger partial charge on any atom is -0.495 e. The van der Waals surface area contributed by atoms with Crippen LogP contribution in [-0.4, -0.2) is 46.0 Å². The first-order chi connectivity index (χ1) is 14.6. The van der Waals surface area contributed by atoms with Crippen molar-refractivity contribution < 1.29 is 13.5 Å². The van der Waals surface area contributed by atoms with E-state index in [0.29, 0.717) is 35.9 Å². The number of rotatable bonds is 3. The molecule has 1 saturated heterocycles. The lowest BCUT2D eigenvalue weighted by Crippen LogP contribution is -2.08. The summed E-state index contributed by atoms with van der Waals surface area (Å²) in [6.45, 7) is 5.43. The topological polar surface area (TPSA) is 90.4 Å². The van der Waals surface area contributed by atoms with Crippen LogP contribution in [-0.2, 0) is 0 Å². The lowest BCUT2D eigenvalue weighted by atomic mass is 10.2. The van der Waals surface area contributed by atoms with Crippen molar-refractivity contribution >= 4 is 11.5 Å². The molecule has 0 spiro atoms. The number of fused-ring (bicyclic) bond motifs is 1. The number of imidazole rings is 1. The predicted molar refractivity (Wildman–Crippen MR) is 113 cm³/mol. The van der Waals surface area contributed by atoms with Gasteiger partial charge in [0.1, 0.15) is 23.3 Å². The smallest absolute Gasteiger partial charge is 0.165 e. The molecular weight excluding hydrogens is 390 g/mol. The molecule has 0 amide bonds. The Labute approximate surface area is 174 Å². The molecule has 0 radical (unpaired) electrons. The van der Waals surface area contributed by atoms with E-state index >= 15 is 0 Å². The lowest BCUT2D eigenvalue weighted by molar-refractivity contribution is 0.361. The van der Waals surface area contributed by atoms with E-state index < -0.39 is 12.0 Å². The van der Waals surface area contributed by atoms with Gasteiger partial charge in [0, 0.05) is 18.5 Å². The third-order valence-corrected chi connectivity index (χ3v) is 4.80. The van der Waals surface area contributed by atoms with Crippen LogP contribution < -0.4 is 15.8 Å². The van der Waals surface area contributed by atoms with Crippen molar-refractivity contribution in [1.29, 1.82) is 0 Å². The summed E-state index contributed by atoms with van der Waals surface area (Å²) in [6.07, 6.45) is 4.02. The van der Waals surface area contributed by atoms with Crippen molar-refractivity contribution in [2.75, 3.05) is 25.9 Å². The Morgan fingerprint density at radius 1 is 1.23 bits per heavy atom. The Balaban J connectivity index is 0.000000273. The first-order valence-electron chi connectivity index (χ1n) is 10.3. The number of pyridine rings is 1. The second-order valence-electron chi connectivity index (χ2n) is 6.94. The fourth-order valence-electron chi connectivity index (χ4n) is 3.11. The van der Waals surface area contributed by atoms with Gasteiger partial charge in [-0.25, -0.2) is 23.3 Å². The summed E-state index contributed by atoms with van der Waals surface area (Å²) in [5.41, 5.74) is 8.33. The standard InChI is InChI=1S/C15H14FN5O.C4H8FN.C2H6/c1-22-12-6-13-18-7-11(10-5-4-9(16)15(17)19-10)21(13)20-14(12)8-2-3-8;5-4-1-2-6-3-4;1-2/h4-8H,2-3H2,1H3,(H2,17,19);4,6H,1-3H2;1-2H3. The molecule has 3 aromatic rings. The maximum absolute atomic E-state index is 13.3. The van der Waals surface area contributed by atoms with Gasteiger partial charge >= 0.3 is 0 Å². The van der Waals surface area contributed by atoms with Gasteiger partial charge in [0.05, 0.1) is 19.0 Å². The van der Waals surface area contributed by atoms with Gasteiger partial charge in [0.25, 0.3) is 0 Å². The summed E-state index contributed by atoms with van der Waals surface area (Å²) in [6, 6.07) is 4.72. The fourth-order valence-corrected chi connectivity index (χ4v) is 3.11. The molecule has 0 bridgehead atoms. The number of hydrogen-bond acceptors (Lipinski definition) is 6. The second kappa shape index (κ2) is 9.80. The van der Waals surface area contributed by atoms with Crippen LogP contribution in [0.2, 0.25) is 0 Å². The lowest BCUT2D eigenvalue weighted by Gasteiger charge is -2.08. The number of alkyl halides is 1. The van der Waals surface area contributed by atoms with E-state index in [9.17, 15) is 8.78 Å². The van der Waals surface area contributed by atoms with Crippen LogP contribution in [0.3, 0.4) is 0 Å². The summed E-state index contributed by atoms with van der Waals surface area (Å²) in [4.78, 5) is 8.39. The minimum atomic E-state index is -0.565. The fraction of sp³-hybridized carbons (Fsp3) is 0.476. The molecule has 4 heterocycles. The van der Waals surface area contributed by atoms with Crippen molar-refractivity contribution in [3.63, 3.8) is 0 Å². The van der Waals surface area contributed by atoms with Gasteiger partial charge in [-0.1, -0.05) is 13.8 Å². The molecule has 1 unspecified atom stereocenters. The molecule has 3 N–H and O–H groups in total. The summed E-state index contributed by atoms with van der Waals surface area (Å²) in [5.74, 6) is 0.508. The molecule has 3 aromatic heterocycles. The van der Waals surface area contributed by atoms with E-state index in [4.69, 9.17) is 10.5 Å². The first kappa shape index (κ1) is 21.9. The first-order valence-corrected chi connectivity index (χ1v) is 10.3.